The number of ether oxygens (including phenoxy) is 1. The third-order valence-electron chi connectivity index (χ3n) is 2.96. The Morgan fingerprint density at radius 3 is 3.00 bits per heavy atom. The Labute approximate surface area is 115 Å². The molecule has 0 fully saturated rings. The molecule has 0 spiro atoms. The average Bonchev–Trinajstić information content (AvgIpc) is 2.60. The van der Waals surface area contributed by atoms with E-state index in [2.05, 4.69) is 40.8 Å². The summed E-state index contributed by atoms with van der Waals surface area (Å²) in [5.41, 5.74) is 2.25. The van der Waals surface area contributed by atoms with E-state index in [-0.39, 0.29) is 5.91 Å². The maximum absolute atomic E-state index is 11.9. The lowest BCUT2D eigenvalue weighted by molar-refractivity contribution is -0.117. The van der Waals surface area contributed by atoms with Gasteiger partial charge in [0.05, 0.1) is 6.42 Å². The number of benzene rings is 1. The van der Waals surface area contributed by atoms with E-state index in [4.69, 9.17) is 4.74 Å². The minimum atomic E-state index is 0.222. The monoisotopic (exact) mass is 345 g/mol. The van der Waals surface area contributed by atoms with Crippen LogP contribution >= 0.6 is 22.6 Å². The predicted octanol–water partition coefficient (Wildman–Crippen LogP) is 2.61. The van der Waals surface area contributed by atoms with Crippen molar-refractivity contribution in [1.29, 1.82) is 0 Å². The van der Waals surface area contributed by atoms with Gasteiger partial charge in [-0.15, -0.1) is 0 Å². The van der Waals surface area contributed by atoms with Crippen LogP contribution in [0, 0.1) is 3.57 Å². The van der Waals surface area contributed by atoms with Crippen molar-refractivity contribution in [1.82, 2.24) is 0 Å². The molecule has 0 saturated carbocycles. The quantitative estimate of drug-likeness (QED) is 0.607. The van der Waals surface area contributed by atoms with Gasteiger partial charge in [0.1, 0.15) is 0 Å². The van der Waals surface area contributed by atoms with Crippen molar-refractivity contribution in [3.63, 3.8) is 0 Å². The molecular weight excluding hydrogens is 329 g/mol. The highest BCUT2D eigenvalue weighted by molar-refractivity contribution is 14.1. The number of carbonyl (C=O) groups is 1. The summed E-state index contributed by atoms with van der Waals surface area (Å²) in [4.78, 5) is 13.8. The fourth-order valence-electron chi connectivity index (χ4n) is 2.11. The van der Waals surface area contributed by atoms with Gasteiger partial charge in [-0.1, -0.05) is 0 Å². The first-order chi connectivity index (χ1) is 8.22. The number of anilines is 1. The van der Waals surface area contributed by atoms with Crippen LogP contribution in [-0.2, 0) is 16.0 Å². The topological polar surface area (TPSA) is 29.5 Å². The summed E-state index contributed by atoms with van der Waals surface area (Å²) >= 11 is 2.28. The molecule has 0 aromatic heterocycles. The Hall–Kier alpha value is -0.620. The normalized spacial score (nSPS) is 14.2. The first kappa shape index (κ1) is 12.8. The van der Waals surface area contributed by atoms with Gasteiger partial charge in [-0.25, -0.2) is 0 Å². The fourth-order valence-corrected chi connectivity index (χ4v) is 2.67. The van der Waals surface area contributed by atoms with Crippen LogP contribution in [0.4, 0.5) is 5.69 Å². The minimum absolute atomic E-state index is 0.222. The molecule has 0 bridgehead atoms. The number of carbonyl (C=O) groups excluding carboxylic acids is 1. The summed E-state index contributed by atoms with van der Waals surface area (Å²) in [5.74, 6) is 0.222. The molecule has 2 rings (SSSR count). The van der Waals surface area contributed by atoms with Gasteiger partial charge in [-0.05, 0) is 59.2 Å². The van der Waals surface area contributed by atoms with Crippen LogP contribution in [0.2, 0.25) is 0 Å². The highest BCUT2D eigenvalue weighted by Crippen LogP contribution is 2.30. The van der Waals surface area contributed by atoms with E-state index >= 15 is 0 Å². The SMILES string of the molecule is COCCCCN1C(=O)Cc2cc(I)ccc21. The summed E-state index contributed by atoms with van der Waals surface area (Å²) in [5, 5.41) is 0. The third kappa shape index (κ3) is 2.98. The van der Waals surface area contributed by atoms with Gasteiger partial charge in [0.25, 0.3) is 0 Å². The maximum Gasteiger partial charge on any atom is 0.231 e. The second-order valence-corrected chi connectivity index (χ2v) is 5.44. The van der Waals surface area contributed by atoms with E-state index < -0.39 is 0 Å². The molecule has 4 heteroatoms. The zero-order valence-corrected chi connectivity index (χ0v) is 12.1. The number of halogens is 1. The molecule has 0 aliphatic carbocycles. The van der Waals surface area contributed by atoms with Crippen molar-refractivity contribution >= 4 is 34.2 Å². The highest BCUT2D eigenvalue weighted by atomic mass is 127. The van der Waals surface area contributed by atoms with Crippen LogP contribution in [0.5, 0.6) is 0 Å². The maximum atomic E-state index is 11.9. The highest BCUT2D eigenvalue weighted by Gasteiger charge is 2.26. The predicted molar refractivity (Wildman–Crippen MR) is 76.3 cm³/mol. The number of fused-ring (bicyclic) bond motifs is 1. The summed E-state index contributed by atoms with van der Waals surface area (Å²) in [6.45, 7) is 1.57. The molecule has 1 aromatic carbocycles. The molecule has 1 aromatic rings. The standard InChI is InChI=1S/C13H16INO2/c1-17-7-3-2-6-15-12-5-4-11(14)8-10(12)9-13(15)16/h4-5,8H,2-3,6-7,9H2,1H3. The number of amides is 1. The van der Waals surface area contributed by atoms with Crippen molar-refractivity contribution in [2.45, 2.75) is 19.3 Å². The van der Waals surface area contributed by atoms with Gasteiger partial charge in [0.15, 0.2) is 0 Å². The lowest BCUT2D eigenvalue weighted by Gasteiger charge is -2.17. The zero-order chi connectivity index (χ0) is 12.3. The molecule has 92 valence electrons. The van der Waals surface area contributed by atoms with Crippen molar-refractivity contribution in [2.24, 2.45) is 0 Å². The first-order valence-electron chi connectivity index (χ1n) is 5.80. The molecule has 0 atom stereocenters. The zero-order valence-electron chi connectivity index (χ0n) is 9.91. The van der Waals surface area contributed by atoms with Crippen molar-refractivity contribution in [2.75, 3.05) is 25.2 Å². The van der Waals surface area contributed by atoms with E-state index in [1.807, 2.05) is 4.90 Å². The van der Waals surface area contributed by atoms with E-state index in [1.165, 1.54) is 3.57 Å². The van der Waals surface area contributed by atoms with Crippen LogP contribution in [0.3, 0.4) is 0 Å². The molecule has 0 N–H and O–H groups in total. The van der Waals surface area contributed by atoms with Crippen molar-refractivity contribution in [3.8, 4) is 0 Å². The number of nitrogens with zero attached hydrogens (tertiary/aromatic N) is 1. The minimum Gasteiger partial charge on any atom is -0.385 e. The number of methoxy groups -OCH3 is 1. The van der Waals surface area contributed by atoms with Gasteiger partial charge in [0, 0.05) is 29.5 Å². The van der Waals surface area contributed by atoms with Crippen LogP contribution in [0.1, 0.15) is 18.4 Å². The Morgan fingerprint density at radius 1 is 1.41 bits per heavy atom. The Kier molecular flexibility index (Phi) is 4.39. The third-order valence-corrected chi connectivity index (χ3v) is 3.63. The van der Waals surface area contributed by atoms with Crippen LogP contribution in [-0.4, -0.2) is 26.2 Å². The summed E-state index contributed by atoms with van der Waals surface area (Å²) < 4.78 is 6.20. The lowest BCUT2D eigenvalue weighted by atomic mass is 10.2. The van der Waals surface area contributed by atoms with Crippen LogP contribution in [0.15, 0.2) is 18.2 Å². The Bertz CT molecular complexity index is 420. The van der Waals surface area contributed by atoms with Gasteiger partial charge < -0.3 is 9.64 Å². The molecule has 3 nitrogen and oxygen atoms in total. The lowest BCUT2D eigenvalue weighted by Crippen LogP contribution is -2.27. The smallest absolute Gasteiger partial charge is 0.231 e. The molecule has 17 heavy (non-hydrogen) atoms. The summed E-state index contributed by atoms with van der Waals surface area (Å²) in [6, 6.07) is 6.21. The molecule has 1 aliphatic heterocycles. The number of hydrogen-bond donors (Lipinski definition) is 0. The first-order valence-corrected chi connectivity index (χ1v) is 6.88. The number of unbranched alkanes of at least 4 members (excludes halogenated alkanes) is 1. The van der Waals surface area contributed by atoms with Gasteiger partial charge in [-0.3, -0.25) is 4.79 Å². The Balaban J connectivity index is 2.02. The van der Waals surface area contributed by atoms with Gasteiger partial charge >= 0.3 is 0 Å². The van der Waals surface area contributed by atoms with E-state index in [9.17, 15) is 4.79 Å². The van der Waals surface area contributed by atoms with Crippen LogP contribution < -0.4 is 4.90 Å². The summed E-state index contributed by atoms with van der Waals surface area (Å²) in [6.07, 6.45) is 2.54. The second-order valence-electron chi connectivity index (χ2n) is 4.20. The van der Waals surface area contributed by atoms with Gasteiger partial charge in [-0.2, -0.15) is 0 Å². The number of hydrogen-bond acceptors (Lipinski definition) is 2. The molecule has 0 saturated heterocycles. The van der Waals surface area contributed by atoms with E-state index in [0.29, 0.717) is 6.42 Å². The van der Waals surface area contributed by atoms with Crippen molar-refractivity contribution < 1.29 is 9.53 Å². The molecule has 1 aliphatic rings. The molecular formula is C13H16INO2. The number of rotatable bonds is 5. The molecule has 1 heterocycles. The fraction of sp³-hybridized carbons (Fsp3) is 0.462. The molecule has 0 radical (unpaired) electrons. The van der Waals surface area contributed by atoms with Crippen molar-refractivity contribution in [3.05, 3.63) is 27.3 Å². The molecule has 0 unspecified atom stereocenters. The van der Waals surface area contributed by atoms with E-state index in [0.717, 1.165) is 37.2 Å². The second kappa shape index (κ2) is 5.82. The van der Waals surface area contributed by atoms with E-state index in [1.54, 1.807) is 7.11 Å². The molecule has 1 amide bonds. The van der Waals surface area contributed by atoms with Crippen LogP contribution in [0.25, 0.3) is 0 Å². The largest absolute Gasteiger partial charge is 0.385 e. The average molecular weight is 345 g/mol. The van der Waals surface area contributed by atoms with Gasteiger partial charge in [0.2, 0.25) is 5.91 Å². The summed E-state index contributed by atoms with van der Waals surface area (Å²) in [7, 11) is 1.71. The Morgan fingerprint density at radius 2 is 2.24 bits per heavy atom.